The number of carbonyl (C=O) groups excluding carboxylic acids is 1. The first-order chi connectivity index (χ1) is 12.8. The van der Waals surface area contributed by atoms with Crippen LogP contribution in [0.3, 0.4) is 0 Å². The van der Waals surface area contributed by atoms with E-state index in [1.54, 1.807) is 12.1 Å². The van der Waals surface area contributed by atoms with Gasteiger partial charge in [-0.05, 0) is 31.0 Å². The molecule has 0 radical (unpaired) electrons. The molecule has 4 N–H and O–H groups in total. The number of nitrogen functional groups attached to an aromatic ring is 1. The van der Waals surface area contributed by atoms with Gasteiger partial charge < -0.3 is 20.9 Å². The number of carbonyl (C=O) groups is 1. The van der Waals surface area contributed by atoms with Crippen LogP contribution in [-0.4, -0.2) is 28.9 Å². The van der Waals surface area contributed by atoms with Gasteiger partial charge in [-0.25, -0.2) is 4.68 Å². The minimum Gasteiger partial charge on any atom is -0.435 e. The molecule has 7 nitrogen and oxygen atoms in total. The summed E-state index contributed by atoms with van der Waals surface area (Å²) >= 11 is 0. The lowest BCUT2D eigenvalue weighted by Crippen LogP contribution is -2.16. The molecule has 1 aromatic carbocycles. The fourth-order valence-electron chi connectivity index (χ4n) is 2.65. The molecule has 2 rings (SSSR count). The van der Waals surface area contributed by atoms with Crippen molar-refractivity contribution in [3.63, 3.8) is 0 Å². The van der Waals surface area contributed by atoms with Gasteiger partial charge in [0, 0.05) is 6.61 Å². The van der Waals surface area contributed by atoms with Gasteiger partial charge >= 0.3 is 6.61 Å². The molecule has 0 fully saturated rings. The SMILES string of the molecule is CCCCOCc1nn(C(C)c2ccc(OC(F)F)cc2)c(N)c1C(N)=O. The molecule has 1 heterocycles. The average molecular weight is 382 g/mol. The van der Waals surface area contributed by atoms with Gasteiger partial charge in [0.1, 0.15) is 22.8 Å². The van der Waals surface area contributed by atoms with Crippen molar-refractivity contribution in [2.45, 2.75) is 45.9 Å². The first kappa shape index (κ1) is 20.6. The molecular formula is C18H24F2N4O3. The Morgan fingerprint density at radius 3 is 2.52 bits per heavy atom. The van der Waals surface area contributed by atoms with E-state index in [1.165, 1.54) is 16.8 Å². The fraction of sp³-hybridized carbons (Fsp3) is 0.444. The van der Waals surface area contributed by atoms with Gasteiger partial charge in [0.15, 0.2) is 0 Å². The van der Waals surface area contributed by atoms with Crippen LogP contribution in [0.4, 0.5) is 14.6 Å². The average Bonchev–Trinajstić information content (AvgIpc) is 2.95. The number of nitrogens with zero attached hydrogens (tertiary/aromatic N) is 2. The Hall–Kier alpha value is -2.68. The Kier molecular flexibility index (Phi) is 7.12. The van der Waals surface area contributed by atoms with E-state index in [0.717, 1.165) is 18.4 Å². The first-order valence-corrected chi connectivity index (χ1v) is 8.64. The van der Waals surface area contributed by atoms with Crippen molar-refractivity contribution in [1.29, 1.82) is 0 Å². The van der Waals surface area contributed by atoms with E-state index in [9.17, 15) is 13.6 Å². The first-order valence-electron chi connectivity index (χ1n) is 8.64. The van der Waals surface area contributed by atoms with Crippen LogP contribution in [0.1, 0.15) is 54.3 Å². The molecule has 1 amide bonds. The third-order valence-electron chi connectivity index (χ3n) is 4.10. The van der Waals surface area contributed by atoms with E-state index in [-0.39, 0.29) is 29.8 Å². The molecule has 1 unspecified atom stereocenters. The quantitative estimate of drug-likeness (QED) is 0.614. The van der Waals surface area contributed by atoms with Crippen LogP contribution >= 0.6 is 0 Å². The summed E-state index contributed by atoms with van der Waals surface area (Å²) in [7, 11) is 0. The predicted octanol–water partition coefficient (Wildman–Crippen LogP) is 3.09. The van der Waals surface area contributed by atoms with E-state index in [0.29, 0.717) is 12.3 Å². The number of rotatable bonds is 10. The maximum Gasteiger partial charge on any atom is 0.387 e. The Morgan fingerprint density at radius 2 is 1.96 bits per heavy atom. The maximum absolute atomic E-state index is 12.3. The number of benzene rings is 1. The van der Waals surface area contributed by atoms with Crippen molar-refractivity contribution < 1.29 is 23.0 Å². The van der Waals surface area contributed by atoms with Crippen LogP contribution in [0.2, 0.25) is 0 Å². The summed E-state index contributed by atoms with van der Waals surface area (Å²) in [6.45, 7) is 1.65. The van der Waals surface area contributed by atoms with Gasteiger partial charge in [-0.1, -0.05) is 25.5 Å². The van der Waals surface area contributed by atoms with E-state index >= 15 is 0 Å². The van der Waals surface area contributed by atoms with Crippen molar-refractivity contribution >= 4 is 11.7 Å². The Balaban J connectivity index is 2.24. The van der Waals surface area contributed by atoms with E-state index in [4.69, 9.17) is 16.2 Å². The van der Waals surface area contributed by atoms with Crippen LogP contribution in [0.15, 0.2) is 24.3 Å². The second-order valence-electron chi connectivity index (χ2n) is 6.05. The summed E-state index contributed by atoms with van der Waals surface area (Å²) in [6, 6.07) is 5.77. The number of halogens is 2. The monoisotopic (exact) mass is 382 g/mol. The molecular weight excluding hydrogens is 358 g/mol. The topological polar surface area (TPSA) is 105 Å². The number of nitrogens with two attached hydrogens (primary N) is 2. The predicted molar refractivity (Wildman–Crippen MR) is 96.6 cm³/mol. The summed E-state index contributed by atoms with van der Waals surface area (Å²) < 4.78 is 35.9. The Bertz CT molecular complexity index is 763. The minimum absolute atomic E-state index is 0.0530. The number of hydrogen-bond acceptors (Lipinski definition) is 5. The molecule has 1 atom stereocenters. The third kappa shape index (κ3) is 5.16. The lowest BCUT2D eigenvalue weighted by molar-refractivity contribution is -0.0498. The maximum atomic E-state index is 12.3. The van der Waals surface area contributed by atoms with Gasteiger partial charge in [-0.2, -0.15) is 13.9 Å². The second-order valence-corrected chi connectivity index (χ2v) is 6.05. The summed E-state index contributed by atoms with van der Waals surface area (Å²) in [6.07, 6.45) is 1.88. The summed E-state index contributed by atoms with van der Waals surface area (Å²) in [5.41, 5.74) is 12.8. The van der Waals surface area contributed by atoms with E-state index < -0.39 is 12.5 Å². The fourth-order valence-corrected chi connectivity index (χ4v) is 2.65. The zero-order valence-corrected chi connectivity index (χ0v) is 15.3. The Morgan fingerprint density at radius 1 is 1.30 bits per heavy atom. The van der Waals surface area contributed by atoms with Crippen LogP contribution in [0.25, 0.3) is 0 Å². The number of aromatic nitrogens is 2. The lowest BCUT2D eigenvalue weighted by atomic mass is 10.1. The number of anilines is 1. The third-order valence-corrected chi connectivity index (χ3v) is 4.10. The van der Waals surface area contributed by atoms with Crippen molar-refractivity contribution in [3.05, 3.63) is 41.1 Å². The molecule has 27 heavy (non-hydrogen) atoms. The smallest absolute Gasteiger partial charge is 0.387 e. The molecule has 148 valence electrons. The highest BCUT2D eigenvalue weighted by molar-refractivity contribution is 5.98. The lowest BCUT2D eigenvalue weighted by Gasteiger charge is -2.15. The molecule has 0 aliphatic rings. The van der Waals surface area contributed by atoms with E-state index in [1.807, 2.05) is 13.8 Å². The number of hydrogen-bond donors (Lipinski definition) is 2. The highest BCUT2D eigenvalue weighted by Crippen LogP contribution is 2.27. The van der Waals surface area contributed by atoms with Gasteiger partial charge in [-0.3, -0.25) is 4.79 Å². The van der Waals surface area contributed by atoms with Crippen molar-refractivity contribution in [3.8, 4) is 5.75 Å². The van der Waals surface area contributed by atoms with Crippen molar-refractivity contribution in [2.24, 2.45) is 5.73 Å². The number of unbranched alkanes of at least 4 members (excludes halogenated alkanes) is 1. The van der Waals surface area contributed by atoms with Gasteiger partial charge in [0.2, 0.25) is 0 Å². The Labute approximate surface area is 156 Å². The molecule has 1 aromatic heterocycles. The van der Waals surface area contributed by atoms with Crippen LogP contribution < -0.4 is 16.2 Å². The standard InChI is InChI=1S/C18H24F2N4O3/c1-3-4-9-26-10-14-15(17(22)25)16(21)24(23-14)11(2)12-5-7-13(8-6-12)27-18(19)20/h5-8,11,18H,3-4,9-10,21H2,1-2H3,(H2,22,25). The molecule has 0 spiro atoms. The zero-order chi connectivity index (χ0) is 20.0. The normalized spacial score (nSPS) is 12.3. The molecule has 0 bridgehead atoms. The molecule has 0 saturated heterocycles. The number of amides is 1. The van der Waals surface area contributed by atoms with E-state index in [2.05, 4.69) is 9.84 Å². The molecule has 2 aromatic rings. The zero-order valence-electron chi connectivity index (χ0n) is 15.3. The van der Waals surface area contributed by atoms with Gasteiger partial charge in [0.25, 0.3) is 5.91 Å². The molecule has 0 aliphatic heterocycles. The summed E-state index contributed by atoms with van der Waals surface area (Å²) in [5, 5.41) is 4.39. The van der Waals surface area contributed by atoms with Gasteiger partial charge in [0.05, 0.1) is 12.6 Å². The largest absolute Gasteiger partial charge is 0.435 e. The van der Waals surface area contributed by atoms with Gasteiger partial charge in [-0.15, -0.1) is 0 Å². The summed E-state index contributed by atoms with van der Waals surface area (Å²) in [5.74, 6) is -0.491. The van der Waals surface area contributed by atoms with Crippen molar-refractivity contribution in [1.82, 2.24) is 9.78 Å². The van der Waals surface area contributed by atoms with Crippen molar-refractivity contribution in [2.75, 3.05) is 12.3 Å². The molecule has 0 aliphatic carbocycles. The van der Waals surface area contributed by atoms with Crippen LogP contribution in [-0.2, 0) is 11.3 Å². The van der Waals surface area contributed by atoms with Crippen LogP contribution in [0, 0.1) is 0 Å². The highest BCUT2D eigenvalue weighted by Gasteiger charge is 2.23. The summed E-state index contributed by atoms with van der Waals surface area (Å²) in [4.78, 5) is 11.8. The second kappa shape index (κ2) is 9.31. The number of primary amides is 1. The molecule has 0 saturated carbocycles. The highest BCUT2D eigenvalue weighted by atomic mass is 19.3. The molecule has 9 heteroatoms. The minimum atomic E-state index is -2.89. The van der Waals surface area contributed by atoms with Crippen LogP contribution in [0.5, 0.6) is 5.75 Å². The number of alkyl halides is 2. The number of ether oxygens (including phenoxy) is 2.